The highest BCUT2D eigenvalue weighted by Crippen LogP contribution is 2.30. The van der Waals surface area contributed by atoms with Crippen molar-refractivity contribution in [2.24, 2.45) is 0 Å². The van der Waals surface area contributed by atoms with E-state index in [4.69, 9.17) is 9.47 Å². The maximum absolute atomic E-state index is 12.6. The van der Waals surface area contributed by atoms with Crippen molar-refractivity contribution in [2.45, 2.75) is 13.0 Å². The molecule has 0 aromatic heterocycles. The summed E-state index contributed by atoms with van der Waals surface area (Å²) < 4.78 is 10.2. The number of carboxylic acids is 1. The zero-order chi connectivity index (χ0) is 17.1. The van der Waals surface area contributed by atoms with E-state index in [9.17, 15) is 24.8 Å². The number of ether oxygens (including phenoxy) is 2. The number of hydrogen-bond donors (Lipinski definition) is 1. The molecule has 1 aromatic carbocycles. The fourth-order valence-corrected chi connectivity index (χ4v) is 2.42. The van der Waals surface area contributed by atoms with Crippen LogP contribution < -0.4 is 4.74 Å². The van der Waals surface area contributed by atoms with Gasteiger partial charge in [-0.1, -0.05) is 0 Å². The number of nitrogens with zero attached hydrogens (tertiary/aromatic N) is 2. The van der Waals surface area contributed by atoms with E-state index in [1.165, 1.54) is 20.1 Å². The van der Waals surface area contributed by atoms with Crippen LogP contribution in [0.1, 0.15) is 15.9 Å². The van der Waals surface area contributed by atoms with Gasteiger partial charge in [0.2, 0.25) is 0 Å². The Hall–Kier alpha value is -2.68. The molecule has 9 heteroatoms. The van der Waals surface area contributed by atoms with Crippen LogP contribution in [0.2, 0.25) is 0 Å². The van der Waals surface area contributed by atoms with Gasteiger partial charge in [-0.3, -0.25) is 14.9 Å². The van der Waals surface area contributed by atoms with Gasteiger partial charge in [-0.2, -0.15) is 0 Å². The Labute approximate surface area is 131 Å². The van der Waals surface area contributed by atoms with Gasteiger partial charge in [0.1, 0.15) is 5.75 Å². The monoisotopic (exact) mass is 324 g/mol. The Morgan fingerprint density at radius 1 is 1.48 bits per heavy atom. The zero-order valence-electron chi connectivity index (χ0n) is 12.6. The summed E-state index contributed by atoms with van der Waals surface area (Å²) >= 11 is 0. The first-order valence-corrected chi connectivity index (χ1v) is 6.81. The molecule has 1 aromatic rings. The molecule has 1 aliphatic rings. The van der Waals surface area contributed by atoms with Gasteiger partial charge in [0, 0.05) is 12.6 Å². The molecule has 1 unspecified atom stereocenters. The summed E-state index contributed by atoms with van der Waals surface area (Å²) in [7, 11) is 1.34. The minimum atomic E-state index is -1.19. The number of morpholine rings is 1. The molecule has 23 heavy (non-hydrogen) atoms. The normalized spacial score (nSPS) is 17.7. The molecule has 1 N–H and O–H groups in total. The van der Waals surface area contributed by atoms with E-state index in [1.807, 2.05) is 0 Å². The molecule has 1 fully saturated rings. The molecule has 0 spiro atoms. The first-order chi connectivity index (χ1) is 10.9. The maximum Gasteiger partial charge on any atom is 0.328 e. The topological polar surface area (TPSA) is 119 Å². The molecule has 9 nitrogen and oxygen atoms in total. The van der Waals surface area contributed by atoms with Crippen molar-refractivity contribution in [1.82, 2.24) is 4.90 Å². The van der Waals surface area contributed by atoms with E-state index in [0.29, 0.717) is 5.56 Å². The van der Waals surface area contributed by atoms with E-state index < -0.39 is 22.8 Å². The molecule has 1 aliphatic heterocycles. The summed E-state index contributed by atoms with van der Waals surface area (Å²) in [4.78, 5) is 35.5. The minimum Gasteiger partial charge on any atom is -0.496 e. The lowest BCUT2D eigenvalue weighted by Crippen LogP contribution is -2.52. The molecule has 0 aliphatic carbocycles. The average molecular weight is 324 g/mol. The lowest BCUT2D eigenvalue weighted by atomic mass is 10.1. The summed E-state index contributed by atoms with van der Waals surface area (Å²) in [6, 6.07) is 1.38. The third kappa shape index (κ3) is 3.24. The second kappa shape index (κ2) is 6.61. The SMILES string of the molecule is COc1cc(C(=O)N2CCOCC2C(=O)O)cc([N+](=O)[O-])c1C. The second-order valence-corrected chi connectivity index (χ2v) is 5.01. The predicted molar refractivity (Wildman–Crippen MR) is 77.7 cm³/mol. The van der Waals surface area contributed by atoms with Gasteiger partial charge >= 0.3 is 5.97 Å². The van der Waals surface area contributed by atoms with Crippen LogP contribution >= 0.6 is 0 Å². The molecule has 1 amide bonds. The molecular weight excluding hydrogens is 308 g/mol. The van der Waals surface area contributed by atoms with Crippen LogP contribution in [0.15, 0.2) is 12.1 Å². The van der Waals surface area contributed by atoms with Crippen molar-refractivity contribution in [3.8, 4) is 5.75 Å². The van der Waals surface area contributed by atoms with Crippen molar-refractivity contribution >= 4 is 17.6 Å². The van der Waals surface area contributed by atoms with Gasteiger partial charge < -0.3 is 19.5 Å². The van der Waals surface area contributed by atoms with E-state index in [-0.39, 0.29) is 36.8 Å². The first kappa shape index (κ1) is 16.7. The molecule has 1 atom stereocenters. The summed E-state index contributed by atoms with van der Waals surface area (Å²) in [6.45, 7) is 1.70. The van der Waals surface area contributed by atoms with Crippen LogP contribution in [0.4, 0.5) is 5.69 Å². The Balaban J connectivity index is 2.44. The number of nitro groups is 1. The fourth-order valence-electron chi connectivity index (χ4n) is 2.42. The highest BCUT2D eigenvalue weighted by atomic mass is 16.6. The summed E-state index contributed by atoms with van der Waals surface area (Å²) in [5, 5.41) is 20.3. The Morgan fingerprint density at radius 2 is 2.17 bits per heavy atom. The van der Waals surface area contributed by atoms with Crippen LogP contribution in [-0.4, -0.2) is 59.7 Å². The summed E-state index contributed by atoms with van der Waals surface area (Å²) in [5.74, 6) is -1.60. The highest BCUT2D eigenvalue weighted by molar-refractivity contribution is 5.98. The largest absolute Gasteiger partial charge is 0.496 e. The molecule has 0 bridgehead atoms. The predicted octanol–water partition coefficient (Wildman–Crippen LogP) is 0.837. The van der Waals surface area contributed by atoms with E-state index >= 15 is 0 Å². The van der Waals surface area contributed by atoms with Gasteiger partial charge in [0.15, 0.2) is 6.04 Å². The van der Waals surface area contributed by atoms with Crippen molar-refractivity contribution < 1.29 is 29.1 Å². The summed E-state index contributed by atoms with van der Waals surface area (Å²) in [6.07, 6.45) is 0. The number of benzene rings is 1. The third-order valence-corrected chi connectivity index (χ3v) is 3.67. The number of methoxy groups -OCH3 is 1. The highest BCUT2D eigenvalue weighted by Gasteiger charge is 2.34. The molecule has 0 radical (unpaired) electrons. The Morgan fingerprint density at radius 3 is 2.74 bits per heavy atom. The number of carbonyl (C=O) groups is 2. The van der Waals surface area contributed by atoms with Crippen LogP contribution in [0.5, 0.6) is 5.75 Å². The van der Waals surface area contributed by atoms with Gasteiger partial charge in [-0.25, -0.2) is 4.79 Å². The molecule has 1 saturated heterocycles. The molecule has 1 heterocycles. The number of rotatable bonds is 4. The number of hydrogen-bond acceptors (Lipinski definition) is 6. The quantitative estimate of drug-likeness (QED) is 0.643. The molecule has 0 saturated carbocycles. The van der Waals surface area contributed by atoms with Gasteiger partial charge in [-0.15, -0.1) is 0 Å². The Bertz CT molecular complexity index is 659. The standard InChI is InChI=1S/C14H16N2O7/c1-8-10(16(20)21)5-9(6-12(8)22-2)13(17)15-3-4-23-7-11(15)14(18)19/h5-6,11H,3-4,7H2,1-2H3,(H,18,19). The number of amides is 1. The van der Waals surface area contributed by atoms with Gasteiger partial charge in [0.05, 0.1) is 36.4 Å². The first-order valence-electron chi connectivity index (χ1n) is 6.81. The second-order valence-electron chi connectivity index (χ2n) is 5.01. The maximum atomic E-state index is 12.6. The lowest BCUT2D eigenvalue weighted by molar-refractivity contribution is -0.385. The van der Waals surface area contributed by atoms with Gasteiger partial charge in [0.25, 0.3) is 11.6 Å². The van der Waals surface area contributed by atoms with Crippen molar-refractivity contribution in [3.05, 3.63) is 33.4 Å². The molecular formula is C14H16N2O7. The van der Waals surface area contributed by atoms with Crippen LogP contribution in [-0.2, 0) is 9.53 Å². The number of carbonyl (C=O) groups excluding carboxylic acids is 1. The number of nitro benzene ring substituents is 1. The van der Waals surface area contributed by atoms with E-state index in [2.05, 4.69) is 0 Å². The minimum absolute atomic E-state index is 0.00676. The number of carboxylic acid groups (broad SMARTS) is 1. The average Bonchev–Trinajstić information content (AvgIpc) is 2.54. The van der Waals surface area contributed by atoms with Crippen LogP contribution in [0, 0.1) is 17.0 Å². The van der Waals surface area contributed by atoms with Gasteiger partial charge in [-0.05, 0) is 13.0 Å². The van der Waals surface area contributed by atoms with E-state index in [1.54, 1.807) is 0 Å². The lowest BCUT2D eigenvalue weighted by Gasteiger charge is -2.32. The third-order valence-electron chi connectivity index (χ3n) is 3.67. The molecule has 2 rings (SSSR count). The Kier molecular flexibility index (Phi) is 4.80. The van der Waals surface area contributed by atoms with Crippen LogP contribution in [0.25, 0.3) is 0 Å². The van der Waals surface area contributed by atoms with Crippen molar-refractivity contribution in [3.63, 3.8) is 0 Å². The van der Waals surface area contributed by atoms with Crippen molar-refractivity contribution in [1.29, 1.82) is 0 Å². The zero-order valence-corrected chi connectivity index (χ0v) is 12.6. The number of aliphatic carboxylic acids is 1. The van der Waals surface area contributed by atoms with Crippen molar-refractivity contribution in [2.75, 3.05) is 26.9 Å². The fraction of sp³-hybridized carbons (Fsp3) is 0.429. The molecule has 124 valence electrons. The van der Waals surface area contributed by atoms with E-state index in [0.717, 1.165) is 11.0 Å². The smallest absolute Gasteiger partial charge is 0.328 e. The van der Waals surface area contributed by atoms with Crippen LogP contribution in [0.3, 0.4) is 0 Å². The summed E-state index contributed by atoms with van der Waals surface area (Å²) in [5.41, 5.74) is 0.0472.